The number of hydrogen-bond acceptors (Lipinski definition) is 3. The summed E-state index contributed by atoms with van der Waals surface area (Å²) in [7, 11) is 0. The number of halogens is 1. The van der Waals surface area contributed by atoms with E-state index in [-0.39, 0.29) is 5.56 Å². The van der Waals surface area contributed by atoms with Gasteiger partial charge < -0.3 is 5.32 Å². The van der Waals surface area contributed by atoms with Crippen LogP contribution in [0.2, 0.25) is 0 Å². The van der Waals surface area contributed by atoms with E-state index < -0.39 is 17.6 Å². The Hall–Kier alpha value is -3.02. The van der Waals surface area contributed by atoms with Crippen LogP contribution in [0.4, 0.5) is 10.1 Å². The fourth-order valence-electron chi connectivity index (χ4n) is 2.03. The summed E-state index contributed by atoms with van der Waals surface area (Å²) in [5, 5.41) is 6.06. The van der Waals surface area contributed by atoms with Crippen molar-refractivity contribution in [3.05, 3.63) is 65.0 Å². The van der Waals surface area contributed by atoms with Gasteiger partial charge >= 0.3 is 11.8 Å². The Balaban J connectivity index is 1.95. The molecule has 2 aromatic rings. The van der Waals surface area contributed by atoms with Crippen LogP contribution in [-0.2, 0) is 9.59 Å². The molecule has 0 saturated carbocycles. The van der Waals surface area contributed by atoms with Crippen LogP contribution in [0.1, 0.15) is 16.7 Å². The number of nitrogens with zero attached hydrogens (tertiary/aromatic N) is 1. The van der Waals surface area contributed by atoms with Crippen LogP contribution >= 0.6 is 0 Å². The van der Waals surface area contributed by atoms with Crippen LogP contribution in [0.25, 0.3) is 0 Å². The molecule has 0 unspecified atom stereocenters. The zero-order chi connectivity index (χ0) is 16.8. The average Bonchev–Trinajstić information content (AvgIpc) is 2.48. The second-order valence-electron chi connectivity index (χ2n) is 5.05. The second-order valence-corrected chi connectivity index (χ2v) is 5.05. The normalized spacial score (nSPS) is 10.6. The van der Waals surface area contributed by atoms with Crippen molar-refractivity contribution in [3.8, 4) is 0 Å². The quantitative estimate of drug-likeness (QED) is 0.519. The van der Waals surface area contributed by atoms with Gasteiger partial charge in [0.15, 0.2) is 0 Å². The molecule has 2 rings (SSSR count). The van der Waals surface area contributed by atoms with Gasteiger partial charge in [-0.05, 0) is 43.2 Å². The maximum atomic E-state index is 13.4. The lowest BCUT2D eigenvalue weighted by Crippen LogP contribution is -2.32. The first-order valence-electron chi connectivity index (χ1n) is 6.93. The minimum absolute atomic E-state index is 0.211. The number of rotatable bonds is 3. The number of amides is 2. The second kappa shape index (κ2) is 7.31. The van der Waals surface area contributed by atoms with Crippen LogP contribution in [0.5, 0.6) is 0 Å². The molecule has 0 bridgehead atoms. The Kier molecular flexibility index (Phi) is 5.19. The third kappa shape index (κ3) is 4.74. The van der Waals surface area contributed by atoms with E-state index in [0.717, 1.165) is 17.3 Å². The summed E-state index contributed by atoms with van der Waals surface area (Å²) >= 11 is 0. The van der Waals surface area contributed by atoms with Crippen molar-refractivity contribution in [3.63, 3.8) is 0 Å². The number of benzene rings is 2. The highest BCUT2D eigenvalue weighted by molar-refractivity contribution is 6.39. The molecule has 0 heterocycles. The van der Waals surface area contributed by atoms with E-state index in [2.05, 4.69) is 15.8 Å². The van der Waals surface area contributed by atoms with Gasteiger partial charge in [-0.2, -0.15) is 5.10 Å². The van der Waals surface area contributed by atoms with Crippen LogP contribution in [-0.4, -0.2) is 18.0 Å². The van der Waals surface area contributed by atoms with Gasteiger partial charge in [0.05, 0.1) is 6.21 Å². The van der Waals surface area contributed by atoms with E-state index in [0.29, 0.717) is 5.69 Å². The van der Waals surface area contributed by atoms with Crippen LogP contribution in [0.3, 0.4) is 0 Å². The van der Waals surface area contributed by atoms with Crippen molar-refractivity contribution >= 4 is 23.7 Å². The maximum Gasteiger partial charge on any atom is 0.329 e. The van der Waals surface area contributed by atoms with Gasteiger partial charge in [-0.3, -0.25) is 9.59 Å². The maximum absolute atomic E-state index is 13.4. The van der Waals surface area contributed by atoms with Gasteiger partial charge in [-0.15, -0.1) is 0 Å². The number of carbonyl (C=O) groups is 2. The third-order valence-electron chi connectivity index (χ3n) is 2.96. The summed E-state index contributed by atoms with van der Waals surface area (Å²) in [5.74, 6) is -2.25. The standard InChI is InChI=1S/C17H16FN3O2/c1-11-7-12(2)9-14(8-11)20-16(22)17(23)21-19-10-13-5-3-4-6-15(13)18/h3-10H,1-2H3,(H,20,22)(H,21,23)/b19-10-. The van der Waals surface area contributed by atoms with E-state index in [4.69, 9.17) is 0 Å². The third-order valence-corrected chi connectivity index (χ3v) is 2.96. The number of hydrazone groups is 1. The highest BCUT2D eigenvalue weighted by atomic mass is 19.1. The predicted molar refractivity (Wildman–Crippen MR) is 86.7 cm³/mol. The number of hydrogen-bond donors (Lipinski definition) is 2. The lowest BCUT2D eigenvalue weighted by Gasteiger charge is -2.06. The van der Waals surface area contributed by atoms with Crippen molar-refractivity contribution in [2.75, 3.05) is 5.32 Å². The zero-order valence-electron chi connectivity index (χ0n) is 12.8. The molecule has 0 radical (unpaired) electrons. The van der Waals surface area contributed by atoms with E-state index >= 15 is 0 Å². The zero-order valence-corrected chi connectivity index (χ0v) is 12.8. The Bertz CT molecular complexity index is 752. The Labute approximate surface area is 133 Å². The summed E-state index contributed by atoms with van der Waals surface area (Å²) in [6, 6.07) is 11.4. The number of anilines is 1. The monoisotopic (exact) mass is 313 g/mol. The number of nitrogens with one attached hydrogen (secondary N) is 2. The molecule has 0 aromatic heterocycles. The first kappa shape index (κ1) is 16.4. The molecule has 6 heteroatoms. The minimum atomic E-state index is -0.934. The van der Waals surface area contributed by atoms with E-state index in [1.165, 1.54) is 12.1 Å². The van der Waals surface area contributed by atoms with Crippen molar-refractivity contribution in [1.29, 1.82) is 0 Å². The fourth-order valence-corrected chi connectivity index (χ4v) is 2.03. The molecule has 118 valence electrons. The van der Waals surface area contributed by atoms with E-state index in [1.54, 1.807) is 24.3 Å². The summed E-state index contributed by atoms with van der Waals surface area (Å²) in [6.45, 7) is 3.78. The molecule has 0 spiro atoms. The van der Waals surface area contributed by atoms with Crippen molar-refractivity contribution in [2.24, 2.45) is 5.10 Å². The van der Waals surface area contributed by atoms with Gasteiger partial charge in [0.1, 0.15) is 5.82 Å². The molecule has 0 saturated heterocycles. The summed E-state index contributed by atoms with van der Waals surface area (Å²) in [4.78, 5) is 23.4. The predicted octanol–water partition coefficient (Wildman–Crippen LogP) is 2.53. The van der Waals surface area contributed by atoms with Crippen LogP contribution in [0.15, 0.2) is 47.6 Å². The van der Waals surface area contributed by atoms with Crippen molar-refractivity contribution < 1.29 is 14.0 Å². The SMILES string of the molecule is Cc1cc(C)cc(NC(=O)C(=O)N/N=C\c2ccccc2F)c1. The van der Waals surface area contributed by atoms with E-state index in [1.807, 2.05) is 19.9 Å². The summed E-state index contributed by atoms with van der Waals surface area (Å²) in [5.41, 5.74) is 4.74. The Morgan fingerprint density at radius 2 is 1.70 bits per heavy atom. The molecule has 0 aliphatic rings. The highest BCUT2D eigenvalue weighted by Crippen LogP contribution is 2.13. The van der Waals surface area contributed by atoms with Gasteiger partial charge in [0.25, 0.3) is 0 Å². The van der Waals surface area contributed by atoms with Gasteiger partial charge in [-0.25, -0.2) is 9.82 Å². The smallest absolute Gasteiger partial charge is 0.318 e. The molecular weight excluding hydrogens is 297 g/mol. The summed E-state index contributed by atoms with van der Waals surface area (Å²) in [6.07, 6.45) is 1.14. The average molecular weight is 313 g/mol. The first-order valence-corrected chi connectivity index (χ1v) is 6.93. The van der Waals surface area contributed by atoms with Crippen LogP contribution in [0, 0.1) is 19.7 Å². The van der Waals surface area contributed by atoms with Crippen LogP contribution < -0.4 is 10.7 Å². The summed E-state index contributed by atoms with van der Waals surface area (Å²) < 4.78 is 13.4. The minimum Gasteiger partial charge on any atom is -0.318 e. The molecule has 5 nitrogen and oxygen atoms in total. The first-order chi connectivity index (χ1) is 11.0. The molecule has 0 fully saturated rings. The van der Waals surface area contributed by atoms with Crippen molar-refractivity contribution in [2.45, 2.75) is 13.8 Å². The van der Waals surface area contributed by atoms with Gasteiger partial charge in [0.2, 0.25) is 0 Å². The number of carbonyl (C=O) groups excluding carboxylic acids is 2. The largest absolute Gasteiger partial charge is 0.329 e. The number of aryl methyl sites for hydroxylation is 2. The lowest BCUT2D eigenvalue weighted by atomic mass is 10.1. The molecule has 23 heavy (non-hydrogen) atoms. The van der Waals surface area contributed by atoms with Gasteiger partial charge in [-0.1, -0.05) is 24.3 Å². The highest BCUT2D eigenvalue weighted by Gasteiger charge is 2.13. The molecule has 2 amide bonds. The molecule has 0 atom stereocenters. The molecule has 2 aromatic carbocycles. The fraction of sp³-hybridized carbons (Fsp3) is 0.118. The topological polar surface area (TPSA) is 70.6 Å². The van der Waals surface area contributed by atoms with Gasteiger partial charge in [0, 0.05) is 11.3 Å². The molecule has 2 N–H and O–H groups in total. The molecular formula is C17H16FN3O2. The lowest BCUT2D eigenvalue weighted by molar-refractivity contribution is -0.136. The van der Waals surface area contributed by atoms with Crippen molar-refractivity contribution in [1.82, 2.24) is 5.43 Å². The molecule has 0 aliphatic carbocycles. The Morgan fingerprint density at radius 1 is 1.04 bits per heavy atom. The Morgan fingerprint density at radius 3 is 2.35 bits per heavy atom. The van der Waals surface area contributed by atoms with E-state index in [9.17, 15) is 14.0 Å². The molecule has 0 aliphatic heterocycles.